The van der Waals surface area contributed by atoms with Crippen LogP contribution in [0.3, 0.4) is 0 Å². The average Bonchev–Trinajstić information content (AvgIpc) is 2.79. The second-order valence-electron chi connectivity index (χ2n) is 3.70. The van der Waals surface area contributed by atoms with Crippen LogP contribution in [-0.4, -0.2) is 30.3 Å². The Labute approximate surface area is 106 Å². The van der Waals surface area contributed by atoms with Crippen LogP contribution in [0, 0.1) is 5.92 Å². The minimum Gasteiger partial charge on any atom is -0.409 e. The molecule has 0 bridgehead atoms. The van der Waals surface area contributed by atoms with E-state index < -0.39 is 24.5 Å². The van der Waals surface area contributed by atoms with Gasteiger partial charge in [0.05, 0.1) is 0 Å². The molecule has 1 aromatic heterocycles. The van der Waals surface area contributed by atoms with Gasteiger partial charge in [0, 0.05) is 6.54 Å². The fraction of sp³-hybridized carbons (Fsp3) is 0.500. The highest BCUT2D eigenvalue weighted by Gasteiger charge is 2.42. The quantitative estimate of drug-likeness (QED) is 0.245. The first-order chi connectivity index (χ1) is 8.45. The van der Waals surface area contributed by atoms with Crippen LogP contribution in [0.5, 0.6) is 0 Å². The van der Waals surface area contributed by atoms with Crippen molar-refractivity contribution in [1.82, 2.24) is 5.32 Å². The lowest BCUT2D eigenvalue weighted by Gasteiger charge is -2.19. The van der Waals surface area contributed by atoms with Crippen LogP contribution < -0.4 is 11.1 Å². The average molecular weight is 281 g/mol. The number of amidine groups is 1. The summed E-state index contributed by atoms with van der Waals surface area (Å²) in [5.74, 6) is -2.80. The van der Waals surface area contributed by atoms with E-state index in [1.807, 2.05) is 16.8 Å². The first kappa shape index (κ1) is 14.8. The topological polar surface area (TPSA) is 70.6 Å². The van der Waals surface area contributed by atoms with Gasteiger partial charge in [0.2, 0.25) is 0 Å². The van der Waals surface area contributed by atoms with Crippen LogP contribution in [-0.2, 0) is 6.42 Å². The molecular weight excluding hydrogens is 267 g/mol. The fourth-order valence-corrected chi connectivity index (χ4v) is 2.07. The van der Waals surface area contributed by atoms with Gasteiger partial charge < -0.3 is 16.3 Å². The van der Waals surface area contributed by atoms with Crippen molar-refractivity contribution in [3.8, 4) is 0 Å². The molecule has 0 aliphatic carbocycles. The Bertz CT molecular complexity index is 378. The second-order valence-corrected chi connectivity index (χ2v) is 4.48. The van der Waals surface area contributed by atoms with Gasteiger partial charge in [0.25, 0.3) is 0 Å². The van der Waals surface area contributed by atoms with E-state index in [0.717, 1.165) is 5.56 Å². The van der Waals surface area contributed by atoms with Crippen molar-refractivity contribution in [1.29, 1.82) is 0 Å². The van der Waals surface area contributed by atoms with Crippen molar-refractivity contribution in [3.05, 3.63) is 22.4 Å². The van der Waals surface area contributed by atoms with Gasteiger partial charge in [0.1, 0.15) is 5.92 Å². The maximum atomic E-state index is 12.5. The third kappa shape index (κ3) is 4.53. The maximum Gasteiger partial charge on any atom is 0.400 e. The molecular formula is C10H14F3N3OS. The van der Waals surface area contributed by atoms with Gasteiger partial charge in [-0.3, -0.25) is 0 Å². The van der Waals surface area contributed by atoms with Gasteiger partial charge >= 0.3 is 6.18 Å². The normalized spacial score (nSPS) is 14.7. The Morgan fingerprint density at radius 3 is 2.78 bits per heavy atom. The van der Waals surface area contributed by atoms with Gasteiger partial charge in [-0.25, -0.2) is 0 Å². The zero-order valence-corrected chi connectivity index (χ0v) is 10.3. The Kier molecular flexibility index (Phi) is 5.42. The van der Waals surface area contributed by atoms with Gasteiger partial charge in [-0.1, -0.05) is 5.16 Å². The molecule has 0 saturated heterocycles. The molecule has 0 radical (unpaired) electrons. The van der Waals surface area contributed by atoms with Gasteiger partial charge in [-0.15, -0.1) is 0 Å². The molecule has 102 valence electrons. The van der Waals surface area contributed by atoms with E-state index in [1.54, 1.807) is 0 Å². The second kappa shape index (κ2) is 6.60. The lowest BCUT2D eigenvalue weighted by Crippen LogP contribution is -2.43. The summed E-state index contributed by atoms with van der Waals surface area (Å²) in [5.41, 5.74) is 6.09. The van der Waals surface area contributed by atoms with Gasteiger partial charge in [0.15, 0.2) is 5.84 Å². The zero-order valence-electron chi connectivity index (χ0n) is 9.44. The lowest BCUT2D eigenvalue weighted by atomic mass is 10.1. The smallest absolute Gasteiger partial charge is 0.400 e. The number of halogens is 3. The van der Waals surface area contributed by atoms with Crippen molar-refractivity contribution in [3.63, 3.8) is 0 Å². The van der Waals surface area contributed by atoms with Gasteiger partial charge in [-0.05, 0) is 35.4 Å². The predicted octanol–water partition coefficient (Wildman–Crippen LogP) is 1.81. The molecule has 0 aliphatic rings. The number of rotatable bonds is 6. The Morgan fingerprint density at radius 1 is 1.56 bits per heavy atom. The molecule has 0 fully saturated rings. The molecule has 4 N–H and O–H groups in total. The Hall–Kier alpha value is -1.28. The van der Waals surface area contributed by atoms with E-state index in [2.05, 4.69) is 10.5 Å². The molecule has 1 rings (SSSR count). The zero-order chi connectivity index (χ0) is 13.6. The third-order valence-electron chi connectivity index (χ3n) is 2.39. The molecule has 1 atom stereocenters. The number of nitrogens with zero attached hydrogens (tertiary/aromatic N) is 1. The number of thiophene rings is 1. The number of oxime groups is 1. The van der Waals surface area contributed by atoms with Gasteiger partial charge in [-0.2, -0.15) is 24.5 Å². The van der Waals surface area contributed by atoms with Crippen molar-refractivity contribution >= 4 is 17.2 Å². The van der Waals surface area contributed by atoms with Crippen molar-refractivity contribution in [2.75, 3.05) is 13.1 Å². The minimum atomic E-state index is -4.52. The highest BCUT2D eigenvalue weighted by molar-refractivity contribution is 7.07. The van der Waals surface area contributed by atoms with Crippen LogP contribution in [0.1, 0.15) is 5.56 Å². The van der Waals surface area contributed by atoms with E-state index in [0.29, 0.717) is 13.0 Å². The summed E-state index contributed by atoms with van der Waals surface area (Å²) in [7, 11) is 0. The summed E-state index contributed by atoms with van der Waals surface area (Å²) in [6.07, 6.45) is -3.88. The van der Waals surface area contributed by atoms with Crippen LogP contribution in [0.2, 0.25) is 0 Å². The molecule has 1 aromatic rings. The number of hydrogen-bond donors (Lipinski definition) is 3. The minimum absolute atomic E-state index is 0.399. The number of hydrogen-bond acceptors (Lipinski definition) is 4. The molecule has 1 heterocycles. The summed E-state index contributed by atoms with van der Waals surface area (Å²) in [6.45, 7) is 0.00551. The molecule has 4 nitrogen and oxygen atoms in total. The van der Waals surface area contributed by atoms with Crippen LogP contribution in [0.4, 0.5) is 13.2 Å². The molecule has 0 saturated carbocycles. The summed E-state index contributed by atoms with van der Waals surface area (Å²) in [6, 6.07) is 1.91. The Morgan fingerprint density at radius 2 is 2.28 bits per heavy atom. The summed E-state index contributed by atoms with van der Waals surface area (Å²) in [5, 5.41) is 17.2. The first-order valence-electron chi connectivity index (χ1n) is 5.21. The number of nitrogens with two attached hydrogens (primary N) is 1. The summed E-state index contributed by atoms with van der Waals surface area (Å²) in [4.78, 5) is 0. The van der Waals surface area contributed by atoms with Crippen LogP contribution in [0.25, 0.3) is 0 Å². The van der Waals surface area contributed by atoms with E-state index >= 15 is 0 Å². The van der Waals surface area contributed by atoms with E-state index in [1.165, 1.54) is 11.3 Å². The van der Waals surface area contributed by atoms with Crippen LogP contribution in [0.15, 0.2) is 22.0 Å². The highest BCUT2D eigenvalue weighted by Crippen LogP contribution is 2.25. The molecule has 1 unspecified atom stereocenters. The maximum absolute atomic E-state index is 12.5. The van der Waals surface area contributed by atoms with Crippen molar-refractivity contribution in [2.45, 2.75) is 12.6 Å². The number of alkyl halides is 3. The summed E-state index contributed by atoms with van der Waals surface area (Å²) >= 11 is 1.54. The largest absolute Gasteiger partial charge is 0.409 e. The SMILES string of the molecule is N/C(=N/O)C(CNCCc1ccsc1)C(F)(F)F. The number of nitrogens with one attached hydrogen (secondary N) is 1. The molecule has 0 spiro atoms. The monoisotopic (exact) mass is 281 g/mol. The molecule has 0 aromatic carbocycles. The first-order valence-corrected chi connectivity index (χ1v) is 6.15. The highest BCUT2D eigenvalue weighted by atomic mass is 32.1. The van der Waals surface area contributed by atoms with Crippen LogP contribution >= 0.6 is 11.3 Å². The molecule has 18 heavy (non-hydrogen) atoms. The van der Waals surface area contributed by atoms with Crippen molar-refractivity contribution < 1.29 is 18.4 Å². The molecule has 8 heteroatoms. The lowest BCUT2D eigenvalue weighted by molar-refractivity contribution is -0.154. The standard InChI is InChI=1S/C10H14F3N3OS/c11-10(12,13)8(9(14)16-17)5-15-3-1-7-2-4-18-6-7/h2,4,6,8,15,17H,1,3,5H2,(H2,14,16). The van der Waals surface area contributed by atoms with E-state index in [-0.39, 0.29) is 0 Å². The Balaban J connectivity index is 2.39. The third-order valence-corrected chi connectivity index (χ3v) is 3.12. The van der Waals surface area contributed by atoms with E-state index in [4.69, 9.17) is 10.9 Å². The van der Waals surface area contributed by atoms with E-state index in [9.17, 15) is 13.2 Å². The molecule has 0 amide bonds. The fourth-order valence-electron chi connectivity index (χ4n) is 1.37. The van der Waals surface area contributed by atoms with Crippen molar-refractivity contribution in [2.24, 2.45) is 16.8 Å². The molecule has 0 aliphatic heterocycles. The summed E-state index contributed by atoms with van der Waals surface area (Å²) < 4.78 is 37.6. The predicted molar refractivity (Wildman–Crippen MR) is 63.8 cm³/mol.